The highest BCUT2D eigenvalue weighted by Crippen LogP contribution is 2.40. The van der Waals surface area contributed by atoms with Crippen molar-refractivity contribution in [3.05, 3.63) is 138 Å². The molecule has 5 rings (SSSR count). The van der Waals surface area contributed by atoms with E-state index in [9.17, 15) is 0 Å². The summed E-state index contributed by atoms with van der Waals surface area (Å²) in [5.74, 6) is 0.959. The van der Waals surface area contributed by atoms with E-state index in [2.05, 4.69) is 114 Å². The summed E-state index contributed by atoms with van der Waals surface area (Å²) in [6.45, 7) is 0. The highest BCUT2D eigenvalue weighted by molar-refractivity contribution is 5.50. The lowest BCUT2D eigenvalue weighted by Gasteiger charge is -2.37. The first-order valence-corrected chi connectivity index (χ1v) is 13.7. The Labute approximate surface area is 216 Å². The number of imidazole rings is 1. The second-order valence-corrected chi connectivity index (χ2v) is 10.2. The Balaban J connectivity index is 1.39. The lowest BCUT2D eigenvalue weighted by atomic mass is 9.77. The molecule has 1 fully saturated rings. The van der Waals surface area contributed by atoms with E-state index in [1.165, 1.54) is 61.6 Å². The molecule has 0 saturated heterocycles. The monoisotopic (exact) mass is 474 g/mol. The van der Waals surface area contributed by atoms with Crippen LogP contribution in [0.5, 0.6) is 0 Å². The molecule has 0 aliphatic heterocycles. The Kier molecular flexibility index (Phi) is 8.13. The molecule has 0 spiro atoms. The van der Waals surface area contributed by atoms with E-state index in [-0.39, 0.29) is 0 Å². The average Bonchev–Trinajstić information content (AvgIpc) is 3.42. The van der Waals surface area contributed by atoms with E-state index in [0.717, 1.165) is 24.5 Å². The standard InChI is InChI=1S/C34H38N2/c1(7-17-29-18-8-3-9-19-29)2-16-26-33-27-36(28-35-33)34(30-20-10-4-11-21-30,31-22-12-5-13-23-31)32-24-14-6-15-25-32/h1-2,4-6,10-15,20-25,27-29H,3,7-9,16-19,26H2/b2-1-. The second kappa shape index (κ2) is 12.0. The third-order valence-corrected chi connectivity index (χ3v) is 7.80. The average molecular weight is 475 g/mol. The third-order valence-electron chi connectivity index (χ3n) is 7.80. The summed E-state index contributed by atoms with van der Waals surface area (Å²) in [5.41, 5.74) is 4.35. The van der Waals surface area contributed by atoms with Gasteiger partial charge in [0, 0.05) is 6.20 Å². The van der Waals surface area contributed by atoms with Crippen molar-refractivity contribution in [1.82, 2.24) is 9.55 Å². The first-order valence-electron chi connectivity index (χ1n) is 13.7. The first kappa shape index (κ1) is 24.3. The number of allylic oxidation sites excluding steroid dienone is 2. The van der Waals surface area contributed by atoms with Crippen LogP contribution in [0.3, 0.4) is 0 Å². The molecule has 0 bridgehead atoms. The molecule has 2 nitrogen and oxygen atoms in total. The van der Waals surface area contributed by atoms with Gasteiger partial charge in [0.15, 0.2) is 0 Å². The molecule has 1 aromatic heterocycles. The fraction of sp³-hybridized carbons (Fsp3) is 0.324. The highest BCUT2D eigenvalue weighted by atomic mass is 15.1. The fourth-order valence-corrected chi connectivity index (χ4v) is 5.94. The summed E-state index contributed by atoms with van der Waals surface area (Å²) >= 11 is 0. The van der Waals surface area contributed by atoms with Gasteiger partial charge in [0.1, 0.15) is 5.54 Å². The van der Waals surface area contributed by atoms with Gasteiger partial charge in [-0.3, -0.25) is 0 Å². The molecule has 0 amide bonds. The van der Waals surface area contributed by atoms with Crippen LogP contribution in [0.25, 0.3) is 0 Å². The van der Waals surface area contributed by atoms with E-state index < -0.39 is 5.54 Å². The van der Waals surface area contributed by atoms with Crippen LogP contribution in [-0.4, -0.2) is 9.55 Å². The van der Waals surface area contributed by atoms with E-state index in [1.807, 2.05) is 6.33 Å². The van der Waals surface area contributed by atoms with Crippen molar-refractivity contribution in [1.29, 1.82) is 0 Å². The molecule has 0 radical (unpaired) electrons. The molecule has 1 aliphatic carbocycles. The van der Waals surface area contributed by atoms with Crippen LogP contribution in [0.15, 0.2) is 116 Å². The molecule has 0 atom stereocenters. The van der Waals surface area contributed by atoms with E-state index in [1.54, 1.807) is 0 Å². The molecule has 1 heterocycles. The summed E-state index contributed by atoms with van der Waals surface area (Å²) in [7, 11) is 0. The van der Waals surface area contributed by atoms with Gasteiger partial charge in [-0.15, -0.1) is 0 Å². The van der Waals surface area contributed by atoms with Crippen LogP contribution in [-0.2, 0) is 12.0 Å². The fourth-order valence-electron chi connectivity index (χ4n) is 5.94. The number of hydrogen-bond acceptors (Lipinski definition) is 1. The molecule has 1 saturated carbocycles. The summed E-state index contributed by atoms with van der Waals surface area (Å²) in [6, 6.07) is 32.4. The zero-order chi connectivity index (χ0) is 24.5. The van der Waals surface area contributed by atoms with Crippen LogP contribution in [0.4, 0.5) is 0 Å². The highest BCUT2D eigenvalue weighted by Gasteiger charge is 2.38. The largest absolute Gasteiger partial charge is 0.319 e. The maximum atomic E-state index is 4.88. The van der Waals surface area contributed by atoms with Gasteiger partial charge in [0.25, 0.3) is 0 Å². The van der Waals surface area contributed by atoms with Crippen LogP contribution >= 0.6 is 0 Å². The molecule has 2 heteroatoms. The quantitative estimate of drug-likeness (QED) is 0.166. The number of rotatable bonds is 10. The van der Waals surface area contributed by atoms with E-state index in [4.69, 9.17) is 4.98 Å². The van der Waals surface area contributed by atoms with Crippen LogP contribution in [0.1, 0.15) is 73.8 Å². The molecule has 4 aromatic rings. The SMILES string of the molecule is C(=C/CCC1CCCCC1)/CCc1cn(C(c2ccccc2)(c2ccccc2)c2ccccc2)cn1. The predicted octanol–water partition coefficient (Wildman–Crippen LogP) is 8.57. The molecule has 3 aromatic carbocycles. The summed E-state index contributed by atoms with van der Waals surface area (Å²) in [6.07, 6.45) is 20.8. The van der Waals surface area contributed by atoms with Gasteiger partial charge in [-0.2, -0.15) is 0 Å². The van der Waals surface area contributed by atoms with Crippen molar-refractivity contribution in [2.24, 2.45) is 5.92 Å². The Hall–Kier alpha value is -3.39. The first-order chi connectivity index (χ1) is 17.9. The Morgan fingerprint density at radius 1 is 0.694 bits per heavy atom. The van der Waals surface area contributed by atoms with Crippen molar-refractivity contribution in [3.8, 4) is 0 Å². The van der Waals surface area contributed by atoms with Gasteiger partial charge in [-0.1, -0.05) is 135 Å². The van der Waals surface area contributed by atoms with Crippen molar-refractivity contribution < 1.29 is 0 Å². The Bertz CT molecular complexity index is 1110. The van der Waals surface area contributed by atoms with Crippen molar-refractivity contribution >= 4 is 0 Å². The van der Waals surface area contributed by atoms with E-state index >= 15 is 0 Å². The van der Waals surface area contributed by atoms with Crippen LogP contribution in [0.2, 0.25) is 0 Å². The zero-order valence-corrected chi connectivity index (χ0v) is 21.3. The Morgan fingerprint density at radius 3 is 1.78 bits per heavy atom. The van der Waals surface area contributed by atoms with Crippen molar-refractivity contribution in [3.63, 3.8) is 0 Å². The minimum atomic E-state index is -0.481. The minimum absolute atomic E-state index is 0.481. The van der Waals surface area contributed by atoms with Crippen LogP contribution in [0, 0.1) is 5.92 Å². The molecule has 184 valence electrons. The molecule has 1 aliphatic rings. The molecule has 0 N–H and O–H groups in total. The smallest absolute Gasteiger partial charge is 0.121 e. The normalized spacial score (nSPS) is 14.9. The number of nitrogens with zero attached hydrogens (tertiary/aromatic N) is 2. The van der Waals surface area contributed by atoms with Gasteiger partial charge in [0.2, 0.25) is 0 Å². The molecule has 0 unspecified atom stereocenters. The zero-order valence-electron chi connectivity index (χ0n) is 21.3. The maximum Gasteiger partial charge on any atom is 0.121 e. The van der Waals surface area contributed by atoms with Gasteiger partial charge in [0.05, 0.1) is 12.0 Å². The van der Waals surface area contributed by atoms with Gasteiger partial charge < -0.3 is 4.57 Å². The number of benzene rings is 3. The number of hydrogen-bond donors (Lipinski definition) is 0. The summed E-state index contributed by atoms with van der Waals surface area (Å²) < 4.78 is 2.31. The van der Waals surface area contributed by atoms with E-state index in [0.29, 0.717) is 0 Å². The summed E-state index contributed by atoms with van der Waals surface area (Å²) in [4.78, 5) is 4.88. The lowest BCUT2D eigenvalue weighted by molar-refractivity contribution is 0.341. The minimum Gasteiger partial charge on any atom is -0.319 e. The second-order valence-electron chi connectivity index (χ2n) is 10.2. The third kappa shape index (κ3) is 5.38. The van der Waals surface area contributed by atoms with Gasteiger partial charge in [-0.25, -0.2) is 4.98 Å². The Morgan fingerprint density at radius 2 is 1.22 bits per heavy atom. The maximum absolute atomic E-state index is 4.88. The van der Waals surface area contributed by atoms with Gasteiger partial charge in [-0.05, 0) is 48.3 Å². The van der Waals surface area contributed by atoms with Crippen LogP contribution < -0.4 is 0 Å². The summed E-state index contributed by atoms with van der Waals surface area (Å²) in [5, 5.41) is 0. The number of aryl methyl sites for hydroxylation is 1. The predicted molar refractivity (Wildman–Crippen MR) is 150 cm³/mol. The lowest BCUT2D eigenvalue weighted by Crippen LogP contribution is -2.36. The molecular formula is C34H38N2. The van der Waals surface area contributed by atoms with Gasteiger partial charge >= 0.3 is 0 Å². The van der Waals surface area contributed by atoms with Crippen molar-refractivity contribution in [2.75, 3.05) is 0 Å². The van der Waals surface area contributed by atoms with Crippen molar-refractivity contribution in [2.45, 2.75) is 63.3 Å². The topological polar surface area (TPSA) is 17.8 Å². The molecule has 36 heavy (non-hydrogen) atoms. The molecular weight excluding hydrogens is 436 g/mol. The number of aromatic nitrogens is 2.